The molecule has 0 radical (unpaired) electrons. The van der Waals surface area contributed by atoms with Gasteiger partial charge in [-0.3, -0.25) is 4.79 Å². The Morgan fingerprint density at radius 3 is 2.78 bits per heavy atom. The standard InChI is InChI=1S/C13H10BrClN2O/c1-8-5-9(7-10(14)6-8)13(18)17-12-4-2-3-11(15)16-12/h2-7H,1H3,(H,16,17,18). The molecule has 92 valence electrons. The molecule has 1 heterocycles. The number of rotatable bonds is 2. The summed E-state index contributed by atoms with van der Waals surface area (Å²) in [5.74, 6) is 0.222. The summed E-state index contributed by atoms with van der Waals surface area (Å²) in [6.45, 7) is 1.93. The average molecular weight is 326 g/mol. The number of halogens is 2. The summed E-state index contributed by atoms with van der Waals surface area (Å²) in [6, 6.07) is 10.6. The fourth-order valence-electron chi connectivity index (χ4n) is 1.53. The van der Waals surface area contributed by atoms with Gasteiger partial charge < -0.3 is 5.32 Å². The first-order valence-corrected chi connectivity index (χ1v) is 6.43. The molecule has 0 fully saturated rings. The van der Waals surface area contributed by atoms with E-state index in [-0.39, 0.29) is 5.91 Å². The minimum absolute atomic E-state index is 0.214. The van der Waals surface area contributed by atoms with Crippen LogP contribution in [0.15, 0.2) is 40.9 Å². The maximum Gasteiger partial charge on any atom is 0.256 e. The van der Waals surface area contributed by atoms with Crippen molar-refractivity contribution >= 4 is 39.3 Å². The van der Waals surface area contributed by atoms with Gasteiger partial charge in [0, 0.05) is 10.0 Å². The summed E-state index contributed by atoms with van der Waals surface area (Å²) in [6.07, 6.45) is 0. The summed E-state index contributed by atoms with van der Waals surface area (Å²) < 4.78 is 0.867. The molecule has 0 unspecified atom stereocenters. The Balaban J connectivity index is 2.22. The van der Waals surface area contributed by atoms with Crippen molar-refractivity contribution in [3.63, 3.8) is 0 Å². The third kappa shape index (κ3) is 3.31. The first-order chi connectivity index (χ1) is 8.54. The molecule has 0 atom stereocenters. The number of aryl methyl sites for hydroxylation is 1. The Kier molecular flexibility index (Phi) is 3.99. The lowest BCUT2D eigenvalue weighted by Crippen LogP contribution is -2.13. The van der Waals surface area contributed by atoms with Crippen LogP contribution in [0.5, 0.6) is 0 Å². The van der Waals surface area contributed by atoms with Crippen LogP contribution in [0, 0.1) is 6.92 Å². The van der Waals surface area contributed by atoms with Gasteiger partial charge >= 0.3 is 0 Å². The van der Waals surface area contributed by atoms with Gasteiger partial charge in [0.2, 0.25) is 0 Å². The third-order valence-corrected chi connectivity index (χ3v) is 2.93. The van der Waals surface area contributed by atoms with Crippen LogP contribution < -0.4 is 5.32 Å². The molecule has 3 nitrogen and oxygen atoms in total. The van der Waals surface area contributed by atoms with Gasteiger partial charge in [-0.25, -0.2) is 4.98 Å². The highest BCUT2D eigenvalue weighted by atomic mass is 79.9. The fourth-order valence-corrected chi connectivity index (χ4v) is 2.31. The summed E-state index contributed by atoms with van der Waals surface area (Å²) in [5, 5.41) is 3.04. The smallest absolute Gasteiger partial charge is 0.256 e. The zero-order valence-corrected chi connectivity index (χ0v) is 11.9. The van der Waals surface area contributed by atoms with Crippen molar-refractivity contribution in [3.8, 4) is 0 Å². The number of carbonyl (C=O) groups is 1. The predicted octanol–water partition coefficient (Wildman–Crippen LogP) is 4.06. The second-order valence-electron chi connectivity index (χ2n) is 3.82. The highest BCUT2D eigenvalue weighted by molar-refractivity contribution is 9.10. The van der Waals surface area contributed by atoms with Gasteiger partial charge in [-0.2, -0.15) is 0 Å². The third-order valence-electron chi connectivity index (χ3n) is 2.26. The van der Waals surface area contributed by atoms with E-state index in [1.54, 1.807) is 24.3 Å². The van der Waals surface area contributed by atoms with Crippen LogP contribution in [-0.2, 0) is 0 Å². The molecule has 1 aromatic carbocycles. The molecular formula is C13H10BrClN2O. The molecule has 0 aliphatic rings. The van der Waals surface area contributed by atoms with Crippen molar-refractivity contribution in [2.75, 3.05) is 5.32 Å². The van der Waals surface area contributed by atoms with Gasteiger partial charge in [-0.15, -0.1) is 0 Å². The van der Waals surface area contributed by atoms with Gasteiger partial charge in [0.15, 0.2) is 0 Å². The van der Waals surface area contributed by atoms with Crippen molar-refractivity contribution in [1.29, 1.82) is 0 Å². The molecular weight excluding hydrogens is 316 g/mol. The molecule has 1 amide bonds. The lowest BCUT2D eigenvalue weighted by Gasteiger charge is -2.06. The fraction of sp³-hybridized carbons (Fsp3) is 0.0769. The monoisotopic (exact) mass is 324 g/mol. The van der Waals surface area contributed by atoms with Gasteiger partial charge in [0.1, 0.15) is 11.0 Å². The maximum atomic E-state index is 12.0. The molecule has 0 spiro atoms. The molecule has 0 bridgehead atoms. The summed E-state index contributed by atoms with van der Waals surface area (Å²) in [7, 11) is 0. The number of nitrogens with zero attached hydrogens (tertiary/aromatic N) is 1. The van der Waals surface area contributed by atoms with E-state index >= 15 is 0 Å². The van der Waals surface area contributed by atoms with E-state index in [0.29, 0.717) is 16.5 Å². The maximum absolute atomic E-state index is 12.0. The van der Waals surface area contributed by atoms with Gasteiger partial charge in [-0.05, 0) is 42.8 Å². The number of anilines is 1. The second kappa shape index (κ2) is 5.50. The highest BCUT2D eigenvalue weighted by Gasteiger charge is 2.08. The van der Waals surface area contributed by atoms with Crippen LogP contribution in [0.1, 0.15) is 15.9 Å². The molecule has 0 saturated carbocycles. The summed E-state index contributed by atoms with van der Waals surface area (Å²) in [4.78, 5) is 16.0. The molecule has 1 aromatic heterocycles. The number of pyridine rings is 1. The summed E-state index contributed by atoms with van der Waals surface area (Å²) >= 11 is 9.12. The SMILES string of the molecule is Cc1cc(Br)cc(C(=O)Nc2cccc(Cl)n2)c1. The quantitative estimate of drug-likeness (QED) is 0.846. The molecule has 0 saturated heterocycles. The number of hydrogen-bond acceptors (Lipinski definition) is 2. The van der Waals surface area contributed by atoms with E-state index in [9.17, 15) is 4.79 Å². The largest absolute Gasteiger partial charge is 0.307 e. The Morgan fingerprint density at radius 2 is 2.11 bits per heavy atom. The average Bonchev–Trinajstić information content (AvgIpc) is 2.27. The molecule has 2 rings (SSSR count). The van der Waals surface area contributed by atoms with E-state index in [1.807, 2.05) is 19.1 Å². The molecule has 18 heavy (non-hydrogen) atoms. The van der Waals surface area contributed by atoms with Crippen LogP contribution in [0.4, 0.5) is 5.82 Å². The van der Waals surface area contributed by atoms with Crippen LogP contribution in [0.3, 0.4) is 0 Å². The predicted molar refractivity (Wildman–Crippen MR) is 76.1 cm³/mol. The zero-order valence-electron chi connectivity index (χ0n) is 9.58. The van der Waals surface area contributed by atoms with E-state index in [1.165, 1.54) is 0 Å². The van der Waals surface area contributed by atoms with E-state index in [4.69, 9.17) is 11.6 Å². The van der Waals surface area contributed by atoms with Crippen molar-refractivity contribution in [2.45, 2.75) is 6.92 Å². The van der Waals surface area contributed by atoms with E-state index in [2.05, 4.69) is 26.2 Å². The Labute approximate surface area is 118 Å². The Morgan fingerprint density at radius 1 is 1.33 bits per heavy atom. The van der Waals surface area contributed by atoms with Gasteiger partial charge in [0.25, 0.3) is 5.91 Å². The number of hydrogen-bond donors (Lipinski definition) is 1. The van der Waals surface area contributed by atoms with E-state index in [0.717, 1.165) is 10.0 Å². The van der Waals surface area contributed by atoms with Crippen LogP contribution in [0.2, 0.25) is 5.15 Å². The Bertz CT molecular complexity index is 581. The van der Waals surface area contributed by atoms with E-state index < -0.39 is 0 Å². The van der Waals surface area contributed by atoms with Crippen molar-refractivity contribution < 1.29 is 4.79 Å². The molecule has 2 aromatic rings. The van der Waals surface area contributed by atoms with Crippen LogP contribution >= 0.6 is 27.5 Å². The molecule has 0 aliphatic carbocycles. The number of carbonyl (C=O) groups excluding carboxylic acids is 1. The minimum atomic E-state index is -0.214. The number of benzene rings is 1. The van der Waals surface area contributed by atoms with Crippen molar-refractivity contribution in [2.24, 2.45) is 0 Å². The van der Waals surface area contributed by atoms with Crippen LogP contribution in [0.25, 0.3) is 0 Å². The normalized spacial score (nSPS) is 10.2. The van der Waals surface area contributed by atoms with Gasteiger partial charge in [-0.1, -0.05) is 33.6 Å². The number of nitrogens with one attached hydrogen (secondary N) is 1. The lowest BCUT2D eigenvalue weighted by atomic mass is 10.1. The second-order valence-corrected chi connectivity index (χ2v) is 5.12. The first-order valence-electron chi connectivity index (χ1n) is 5.26. The first kappa shape index (κ1) is 13.1. The number of amides is 1. The highest BCUT2D eigenvalue weighted by Crippen LogP contribution is 2.17. The zero-order chi connectivity index (χ0) is 13.1. The van der Waals surface area contributed by atoms with Crippen molar-refractivity contribution in [3.05, 3.63) is 57.2 Å². The Hall–Kier alpha value is -1.39. The topological polar surface area (TPSA) is 42.0 Å². The molecule has 1 N–H and O–H groups in total. The lowest BCUT2D eigenvalue weighted by molar-refractivity contribution is 0.102. The molecule has 5 heteroatoms. The van der Waals surface area contributed by atoms with Crippen molar-refractivity contribution in [1.82, 2.24) is 4.98 Å². The van der Waals surface area contributed by atoms with Crippen LogP contribution in [-0.4, -0.2) is 10.9 Å². The van der Waals surface area contributed by atoms with Gasteiger partial charge in [0.05, 0.1) is 0 Å². The number of aromatic nitrogens is 1. The molecule has 0 aliphatic heterocycles. The summed E-state index contributed by atoms with van der Waals surface area (Å²) in [5.41, 5.74) is 1.58. The minimum Gasteiger partial charge on any atom is -0.307 e.